The zero-order valence-corrected chi connectivity index (χ0v) is 12.3. The number of benzene rings is 1. The first-order valence-corrected chi connectivity index (χ1v) is 6.68. The second kappa shape index (κ2) is 8.36. The molecule has 0 aliphatic rings. The zero-order chi connectivity index (χ0) is 15.0. The molecule has 0 spiro atoms. The van der Waals surface area contributed by atoms with Gasteiger partial charge in [-0.3, -0.25) is 4.79 Å². The Balaban J connectivity index is 2.88. The molecule has 108 valence electrons. The molecule has 1 amide bonds. The topological polar surface area (TPSA) is 64.3 Å². The standard InChI is InChI=1S/C16H22N2O2/c1-12-6-7-14(5-4-9-17)15(11-12)16(19)18-13(2)8-10-20-3/h6-7,11,13H,8-10,17H2,1-3H3,(H,18,19). The first-order valence-electron chi connectivity index (χ1n) is 6.68. The van der Waals surface area contributed by atoms with Gasteiger partial charge in [-0.15, -0.1) is 0 Å². The van der Waals surface area contributed by atoms with Crippen LogP contribution in [-0.4, -0.2) is 32.2 Å². The normalized spacial score (nSPS) is 11.4. The van der Waals surface area contributed by atoms with Crippen molar-refractivity contribution in [3.63, 3.8) is 0 Å². The number of nitrogens with one attached hydrogen (secondary N) is 1. The summed E-state index contributed by atoms with van der Waals surface area (Å²) in [4.78, 5) is 12.3. The molecule has 1 aromatic rings. The van der Waals surface area contributed by atoms with Crippen LogP contribution in [0.25, 0.3) is 0 Å². The van der Waals surface area contributed by atoms with Gasteiger partial charge in [0.05, 0.1) is 12.1 Å². The Morgan fingerprint density at radius 1 is 1.50 bits per heavy atom. The molecule has 4 heteroatoms. The van der Waals surface area contributed by atoms with E-state index < -0.39 is 0 Å². The van der Waals surface area contributed by atoms with Gasteiger partial charge in [-0.25, -0.2) is 0 Å². The molecule has 0 aromatic heterocycles. The van der Waals surface area contributed by atoms with Crippen LogP contribution in [-0.2, 0) is 4.74 Å². The minimum Gasteiger partial charge on any atom is -0.385 e. The van der Waals surface area contributed by atoms with Crippen LogP contribution >= 0.6 is 0 Å². The van der Waals surface area contributed by atoms with Crippen LogP contribution < -0.4 is 11.1 Å². The highest BCUT2D eigenvalue weighted by Gasteiger charge is 2.13. The Kier molecular flexibility index (Phi) is 6.78. The van der Waals surface area contributed by atoms with Crippen molar-refractivity contribution in [2.45, 2.75) is 26.3 Å². The Bertz CT molecular complexity index is 515. The lowest BCUT2D eigenvalue weighted by molar-refractivity contribution is 0.0929. The fourth-order valence-corrected chi connectivity index (χ4v) is 1.77. The molecule has 0 bridgehead atoms. The average molecular weight is 274 g/mol. The summed E-state index contributed by atoms with van der Waals surface area (Å²) in [6.45, 7) is 4.80. The van der Waals surface area contributed by atoms with Gasteiger partial charge in [-0.1, -0.05) is 23.5 Å². The summed E-state index contributed by atoms with van der Waals surface area (Å²) < 4.78 is 5.01. The van der Waals surface area contributed by atoms with Crippen molar-refractivity contribution in [2.75, 3.05) is 20.3 Å². The molecule has 1 rings (SSSR count). The average Bonchev–Trinajstić information content (AvgIpc) is 2.43. The summed E-state index contributed by atoms with van der Waals surface area (Å²) in [5.74, 6) is 5.61. The van der Waals surface area contributed by atoms with Crippen molar-refractivity contribution in [3.05, 3.63) is 34.9 Å². The van der Waals surface area contributed by atoms with Crippen molar-refractivity contribution in [1.82, 2.24) is 5.32 Å². The zero-order valence-electron chi connectivity index (χ0n) is 12.3. The first-order chi connectivity index (χ1) is 9.58. The second-order valence-corrected chi connectivity index (χ2v) is 4.71. The smallest absolute Gasteiger partial charge is 0.252 e. The van der Waals surface area contributed by atoms with E-state index >= 15 is 0 Å². The molecule has 20 heavy (non-hydrogen) atoms. The summed E-state index contributed by atoms with van der Waals surface area (Å²) >= 11 is 0. The molecule has 0 saturated carbocycles. The predicted molar refractivity (Wildman–Crippen MR) is 80.5 cm³/mol. The maximum atomic E-state index is 12.3. The van der Waals surface area contributed by atoms with Crippen molar-refractivity contribution >= 4 is 5.91 Å². The van der Waals surface area contributed by atoms with Crippen LogP contribution in [0, 0.1) is 18.8 Å². The van der Waals surface area contributed by atoms with Crippen molar-refractivity contribution in [2.24, 2.45) is 5.73 Å². The molecule has 1 atom stereocenters. The minimum atomic E-state index is -0.112. The summed E-state index contributed by atoms with van der Waals surface area (Å²) in [6.07, 6.45) is 0.776. The monoisotopic (exact) mass is 274 g/mol. The van der Waals surface area contributed by atoms with E-state index in [1.165, 1.54) is 0 Å². The van der Waals surface area contributed by atoms with E-state index in [9.17, 15) is 4.79 Å². The van der Waals surface area contributed by atoms with Gasteiger partial charge in [0.1, 0.15) is 0 Å². The molecule has 3 N–H and O–H groups in total. The molecule has 0 heterocycles. The van der Waals surface area contributed by atoms with E-state index in [1.807, 2.05) is 32.0 Å². The van der Waals surface area contributed by atoms with Crippen LogP contribution in [0.5, 0.6) is 0 Å². The minimum absolute atomic E-state index is 0.0540. The Morgan fingerprint density at radius 2 is 2.25 bits per heavy atom. The molecule has 0 radical (unpaired) electrons. The number of aryl methyl sites for hydroxylation is 1. The highest BCUT2D eigenvalue weighted by molar-refractivity contribution is 5.97. The predicted octanol–water partition coefficient (Wildman–Crippen LogP) is 1.46. The fourth-order valence-electron chi connectivity index (χ4n) is 1.77. The highest BCUT2D eigenvalue weighted by atomic mass is 16.5. The third kappa shape index (κ3) is 5.04. The van der Waals surface area contributed by atoms with Gasteiger partial charge < -0.3 is 15.8 Å². The summed E-state index contributed by atoms with van der Waals surface area (Å²) in [7, 11) is 1.65. The molecular formula is C16H22N2O2. The number of methoxy groups -OCH3 is 1. The van der Waals surface area contributed by atoms with Gasteiger partial charge in [0, 0.05) is 25.3 Å². The van der Waals surface area contributed by atoms with Gasteiger partial charge in [0.25, 0.3) is 5.91 Å². The van der Waals surface area contributed by atoms with E-state index in [0.29, 0.717) is 17.7 Å². The van der Waals surface area contributed by atoms with E-state index in [4.69, 9.17) is 10.5 Å². The third-order valence-electron chi connectivity index (χ3n) is 2.88. The number of amides is 1. The molecular weight excluding hydrogens is 252 g/mol. The molecule has 4 nitrogen and oxygen atoms in total. The van der Waals surface area contributed by atoms with Crippen LogP contribution in [0.1, 0.15) is 34.8 Å². The number of carbonyl (C=O) groups is 1. The molecule has 0 aliphatic heterocycles. The lowest BCUT2D eigenvalue weighted by Gasteiger charge is -2.14. The van der Waals surface area contributed by atoms with Gasteiger partial charge in [-0.2, -0.15) is 0 Å². The van der Waals surface area contributed by atoms with E-state index in [1.54, 1.807) is 7.11 Å². The summed E-state index contributed by atoms with van der Waals surface area (Å²) in [6, 6.07) is 5.69. The Labute approximate surface area is 120 Å². The highest BCUT2D eigenvalue weighted by Crippen LogP contribution is 2.11. The number of rotatable bonds is 5. The molecule has 0 aliphatic carbocycles. The number of ether oxygens (including phenoxy) is 1. The van der Waals surface area contributed by atoms with Crippen LogP contribution in [0.15, 0.2) is 18.2 Å². The molecule has 1 unspecified atom stereocenters. The quantitative estimate of drug-likeness (QED) is 0.799. The van der Waals surface area contributed by atoms with Crippen LogP contribution in [0.3, 0.4) is 0 Å². The van der Waals surface area contributed by atoms with E-state index in [0.717, 1.165) is 12.0 Å². The molecule has 0 fully saturated rings. The molecule has 1 aromatic carbocycles. The van der Waals surface area contributed by atoms with E-state index in [2.05, 4.69) is 17.2 Å². The maximum Gasteiger partial charge on any atom is 0.252 e. The largest absolute Gasteiger partial charge is 0.385 e. The first kappa shape index (κ1) is 16.2. The number of hydrogen-bond acceptors (Lipinski definition) is 3. The number of nitrogens with two attached hydrogens (primary N) is 1. The van der Waals surface area contributed by atoms with Gasteiger partial charge in [0.15, 0.2) is 0 Å². The van der Waals surface area contributed by atoms with Crippen molar-refractivity contribution < 1.29 is 9.53 Å². The van der Waals surface area contributed by atoms with E-state index in [-0.39, 0.29) is 18.5 Å². The molecule has 0 saturated heterocycles. The van der Waals surface area contributed by atoms with Crippen LogP contribution in [0.4, 0.5) is 0 Å². The van der Waals surface area contributed by atoms with Gasteiger partial charge >= 0.3 is 0 Å². The van der Waals surface area contributed by atoms with Crippen molar-refractivity contribution in [3.8, 4) is 11.8 Å². The maximum absolute atomic E-state index is 12.3. The second-order valence-electron chi connectivity index (χ2n) is 4.71. The number of carbonyl (C=O) groups excluding carboxylic acids is 1. The lowest BCUT2D eigenvalue weighted by atomic mass is 10.0. The summed E-state index contributed by atoms with van der Waals surface area (Å²) in [5, 5.41) is 2.96. The fraction of sp³-hybridized carbons (Fsp3) is 0.438. The SMILES string of the molecule is COCCC(C)NC(=O)c1cc(C)ccc1C#CCN. The Hall–Kier alpha value is -1.83. The number of hydrogen-bond donors (Lipinski definition) is 2. The Morgan fingerprint density at radius 3 is 2.90 bits per heavy atom. The van der Waals surface area contributed by atoms with Crippen molar-refractivity contribution in [1.29, 1.82) is 0 Å². The lowest BCUT2D eigenvalue weighted by Crippen LogP contribution is -2.33. The van der Waals surface area contributed by atoms with Gasteiger partial charge in [0.2, 0.25) is 0 Å². The summed E-state index contributed by atoms with van der Waals surface area (Å²) in [5.41, 5.74) is 7.70. The van der Waals surface area contributed by atoms with Gasteiger partial charge in [-0.05, 0) is 32.4 Å². The third-order valence-corrected chi connectivity index (χ3v) is 2.88. The van der Waals surface area contributed by atoms with Crippen LogP contribution in [0.2, 0.25) is 0 Å².